The van der Waals surface area contributed by atoms with Crippen molar-refractivity contribution in [3.05, 3.63) is 65.1 Å². The SMILES string of the molecule is CN(Cc1ccc(OC(F)F)cc1)Cc1cn2cc(Cl)ccc2n1. The van der Waals surface area contributed by atoms with E-state index >= 15 is 0 Å². The van der Waals surface area contributed by atoms with Crippen molar-refractivity contribution in [2.45, 2.75) is 19.7 Å². The highest BCUT2D eigenvalue weighted by Gasteiger charge is 2.08. The van der Waals surface area contributed by atoms with E-state index in [4.69, 9.17) is 11.6 Å². The monoisotopic (exact) mass is 351 g/mol. The molecule has 0 fully saturated rings. The summed E-state index contributed by atoms with van der Waals surface area (Å²) in [7, 11) is 1.97. The van der Waals surface area contributed by atoms with Gasteiger partial charge in [0.15, 0.2) is 0 Å². The summed E-state index contributed by atoms with van der Waals surface area (Å²) in [5, 5.41) is 0.658. The van der Waals surface area contributed by atoms with Gasteiger partial charge in [0, 0.05) is 25.5 Å². The van der Waals surface area contributed by atoms with Crippen LogP contribution in [-0.2, 0) is 13.1 Å². The van der Waals surface area contributed by atoms with Gasteiger partial charge in [-0.25, -0.2) is 4.98 Å². The normalized spacial score (nSPS) is 11.6. The third-order valence-corrected chi connectivity index (χ3v) is 3.72. The molecule has 0 aliphatic rings. The molecule has 0 aliphatic carbocycles. The summed E-state index contributed by atoms with van der Waals surface area (Å²) in [6.45, 7) is -1.47. The van der Waals surface area contributed by atoms with Crippen molar-refractivity contribution in [2.24, 2.45) is 0 Å². The molecule has 1 aromatic carbocycles. The molecule has 4 nitrogen and oxygen atoms in total. The maximum Gasteiger partial charge on any atom is 0.387 e. The highest BCUT2D eigenvalue weighted by Crippen LogP contribution is 2.17. The highest BCUT2D eigenvalue weighted by molar-refractivity contribution is 6.30. The van der Waals surface area contributed by atoms with Gasteiger partial charge in [-0.2, -0.15) is 8.78 Å². The number of aromatic nitrogens is 2. The summed E-state index contributed by atoms with van der Waals surface area (Å²) >= 11 is 5.97. The Hall–Kier alpha value is -2.18. The van der Waals surface area contributed by atoms with Gasteiger partial charge in [-0.3, -0.25) is 4.90 Å². The smallest absolute Gasteiger partial charge is 0.387 e. The summed E-state index contributed by atoms with van der Waals surface area (Å²) in [6.07, 6.45) is 3.76. The lowest BCUT2D eigenvalue weighted by Gasteiger charge is -2.15. The molecule has 0 unspecified atom stereocenters. The van der Waals surface area contributed by atoms with Gasteiger partial charge in [-0.05, 0) is 36.9 Å². The lowest BCUT2D eigenvalue weighted by atomic mass is 10.2. The van der Waals surface area contributed by atoms with Crippen LogP contribution in [0.15, 0.2) is 48.8 Å². The molecule has 0 amide bonds. The minimum Gasteiger partial charge on any atom is -0.435 e. The Labute approximate surface area is 143 Å². The van der Waals surface area contributed by atoms with Crippen LogP contribution in [0.3, 0.4) is 0 Å². The average molecular weight is 352 g/mol. The van der Waals surface area contributed by atoms with Crippen molar-refractivity contribution in [3.8, 4) is 5.75 Å². The third kappa shape index (κ3) is 4.21. The van der Waals surface area contributed by atoms with E-state index in [9.17, 15) is 8.78 Å². The van der Waals surface area contributed by atoms with Gasteiger partial charge in [0.1, 0.15) is 11.4 Å². The molecule has 0 aliphatic heterocycles. The Morgan fingerprint density at radius 3 is 2.58 bits per heavy atom. The van der Waals surface area contributed by atoms with Gasteiger partial charge in [-0.1, -0.05) is 23.7 Å². The third-order valence-electron chi connectivity index (χ3n) is 3.50. The lowest BCUT2D eigenvalue weighted by molar-refractivity contribution is -0.0498. The fourth-order valence-electron chi connectivity index (χ4n) is 2.51. The predicted octanol–water partition coefficient (Wildman–Crippen LogP) is 4.22. The number of alkyl halides is 2. The Morgan fingerprint density at radius 1 is 1.12 bits per heavy atom. The number of benzene rings is 1. The zero-order valence-electron chi connectivity index (χ0n) is 13.0. The number of imidazole rings is 1. The number of rotatable bonds is 6. The largest absolute Gasteiger partial charge is 0.435 e. The van der Waals surface area contributed by atoms with Gasteiger partial charge in [0.2, 0.25) is 0 Å². The zero-order valence-corrected chi connectivity index (χ0v) is 13.8. The summed E-state index contributed by atoms with van der Waals surface area (Å²) in [5.41, 5.74) is 2.78. The molecule has 2 heterocycles. The molecule has 0 N–H and O–H groups in total. The second kappa shape index (κ2) is 7.15. The molecule has 126 valence electrons. The second-order valence-corrected chi connectivity index (χ2v) is 5.98. The molecule has 0 saturated carbocycles. The van der Waals surface area contributed by atoms with Crippen LogP contribution in [0.1, 0.15) is 11.3 Å². The zero-order chi connectivity index (χ0) is 17.1. The number of halogens is 3. The minimum atomic E-state index is -2.80. The van der Waals surface area contributed by atoms with E-state index < -0.39 is 6.61 Å². The van der Waals surface area contributed by atoms with Crippen molar-refractivity contribution >= 4 is 17.2 Å². The van der Waals surface area contributed by atoms with E-state index in [0.29, 0.717) is 18.1 Å². The lowest BCUT2D eigenvalue weighted by Crippen LogP contribution is -2.17. The number of ether oxygens (including phenoxy) is 1. The first-order chi connectivity index (χ1) is 11.5. The van der Waals surface area contributed by atoms with E-state index in [-0.39, 0.29) is 5.75 Å². The maximum absolute atomic E-state index is 12.1. The summed E-state index contributed by atoms with van der Waals surface area (Å²) in [6, 6.07) is 10.3. The van der Waals surface area contributed by atoms with Crippen LogP contribution in [0.25, 0.3) is 5.65 Å². The maximum atomic E-state index is 12.1. The van der Waals surface area contributed by atoms with Crippen LogP contribution in [0.4, 0.5) is 8.78 Å². The number of nitrogens with zero attached hydrogens (tertiary/aromatic N) is 3. The molecule has 3 rings (SSSR count). The molecular weight excluding hydrogens is 336 g/mol. The molecule has 2 aromatic heterocycles. The van der Waals surface area contributed by atoms with E-state index in [2.05, 4.69) is 14.6 Å². The molecule has 0 bridgehead atoms. The van der Waals surface area contributed by atoms with E-state index in [1.807, 2.05) is 29.9 Å². The summed E-state index contributed by atoms with van der Waals surface area (Å²) < 4.78 is 30.5. The first kappa shape index (κ1) is 16.7. The average Bonchev–Trinajstić information content (AvgIpc) is 2.89. The first-order valence-electron chi connectivity index (χ1n) is 7.35. The van der Waals surface area contributed by atoms with Crippen molar-refractivity contribution in [2.75, 3.05) is 7.05 Å². The standard InChI is InChI=1S/C17H16ClF2N3O/c1-22(8-12-2-5-15(6-3-12)24-17(19)20)10-14-11-23-9-13(18)4-7-16(23)21-14/h2-7,9,11,17H,8,10H2,1H3. The minimum absolute atomic E-state index is 0.161. The number of pyridine rings is 1. The molecule has 3 aromatic rings. The van der Waals surface area contributed by atoms with E-state index in [0.717, 1.165) is 16.9 Å². The molecule has 0 atom stereocenters. The van der Waals surface area contributed by atoms with Gasteiger partial charge in [-0.15, -0.1) is 0 Å². The van der Waals surface area contributed by atoms with E-state index in [1.54, 1.807) is 30.3 Å². The van der Waals surface area contributed by atoms with E-state index in [1.165, 1.54) is 0 Å². The number of hydrogen-bond acceptors (Lipinski definition) is 3. The summed E-state index contributed by atoms with van der Waals surface area (Å²) in [4.78, 5) is 6.63. The Bertz CT molecular complexity index is 820. The highest BCUT2D eigenvalue weighted by atomic mass is 35.5. The molecule has 7 heteroatoms. The molecule has 24 heavy (non-hydrogen) atoms. The topological polar surface area (TPSA) is 29.8 Å². The molecule has 0 saturated heterocycles. The quantitative estimate of drug-likeness (QED) is 0.666. The predicted molar refractivity (Wildman–Crippen MR) is 88.4 cm³/mol. The molecular formula is C17H16ClF2N3O. The Kier molecular flexibility index (Phi) is 4.97. The molecule has 0 spiro atoms. The van der Waals surface area contributed by atoms with Crippen LogP contribution in [-0.4, -0.2) is 27.9 Å². The fraction of sp³-hybridized carbons (Fsp3) is 0.235. The molecule has 0 radical (unpaired) electrons. The van der Waals surface area contributed by atoms with Gasteiger partial charge < -0.3 is 9.14 Å². The van der Waals surface area contributed by atoms with Crippen molar-refractivity contribution in [1.82, 2.24) is 14.3 Å². The van der Waals surface area contributed by atoms with Crippen molar-refractivity contribution in [1.29, 1.82) is 0 Å². The van der Waals surface area contributed by atoms with Crippen LogP contribution in [0.5, 0.6) is 5.75 Å². The van der Waals surface area contributed by atoms with Crippen LogP contribution in [0, 0.1) is 0 Å². The van der Waals surface area contributed by atoms with Gasteiger partial charge in [0.05, 0.1) is 10.7 Å². The van der Waals surface area contributed by atoms with Crippen molar-refractivity contribution < 1.29 is 13.5 Å². The fourth-order valence-corrected chi connectivity index (χ4v) is 2.68. The van der Waals surface area contributed by atoms with Crippen LogP contribution >= 0.6 is 11.6 Å². The Morgan fingerprint density at radius 2 is 1.88 bits per heavy atom. The van der Waals surface area contributed by atoms with Gasteiger partial charge >= 0.3 is 6.61 Å². The van der Waals surface area contributed by atoms with Gasteiger partial charge in [0.25, 0.3) is 0 Å². The number of fused-ring (bicyclic) bond motifs is 1. The number of hydrogen-bond donors (Lipinski definition) is 0. The summed E-state index contributed by atoms with van der Waals surface area (Å²) in [5.74, 6) is 0.161. The van der Waals surface area contributed by atoms with Crippen LogP contribution < -0.4 is 4.74 Å². The second-order valence-electron chi connectivity index (χ2n) is 5.54. The first-order valence-corrected chi connectivity index (χ1v) is 7.73. The van der Waals surface area contributed by atoms with Crippen LogP contribution in [0.2, 0.25) is 5.02 Å². The van der Waals surface area contributed by atoms with Crippen molar-refractivity contribution in [3.63, 3.8) is 0 Å². The Balaban J connectivity index is 1.62.